The molecule has 2 amide bonds. The van der Waals surface area contributed by atoms with E-state index < -0.39 is 18.0 Å². The van der Waals surface area contributed by atoms with Crippen molar-refractivity contribution >= 4 is 12.0 Å². The number of hydrogen-bond donors (Lipinski definition) is 4. The molecule has 1 heterocycles. The van der Waals surface area contributed by atoms with Gasteiger partial charge in [0.25, 0.3) is 0 Å². The van der Waals surface area contributed by atoms with E-state index in [0.29, 0.717) is 5.82 Å². The maximum absolute atomic E-state index is 11.3. The summed E-state index contributed by atoms with van der Waals surface area (Å²) in [6, 6.07) is -1.57. The monoisotopic (exact) mass is 239 g/mol. The van der Waals surface area contributed by atoms with E-state index in [0.717, 1.165) is 0 Å². The van der Waals surface area contributed by atoms with Gasteiger partial charge in [0, 0.05) is 0 Å². The second kappa shape index (κ2) is 6.26. The molecule has 1 aromatic heterocycles. The van der Waals surface area contributed by atoms with Gasteiger partial charge in [-0.05, 0) is 6.42 Å². The van der Waals surface area contributed by atoms with Crippen LogP contribution in [-0.4, -0.2) is 38.3 Å². The minimum absolute atomic E-state index is 0.145. The SMILES string of the molecule is C=CCC(NC(=O)NCc1ncn[nH]1)C(=O)O. The first-order valence-electron chi connectivity index (χ1n) is 4.85. The Bertz CT molecular complexity index is 389. The first-order valence-corrected chi connectivity index (χ1v) is 4.85. The molecule has 1 rings (SSSR count). The molecule has 0 aliphatic carbocycles. The van der Waals surface area contributed by atoms with Crippen molar-refractivity contribution in [1.82, 2.24) is 25.8 Å². The first kappa shape index (κ1) is 12.7. The summed E-state index contributed by atoms with van der Waals surface area (Å²) in [5.74, 6) is -0.629. The number of urea groups is 1. The van der Waals surface area contributed by atoms with Crippen molar-refractivity contribution in [3.05, 3.63) is 24.8 Å². The fraction of sp³-hybridized carbons (Fsp3) is 0.333. The molecule has 8 nitrogen and oxygen atoms in total. The van der Waals surface area contributed by atoms with Crippen LogP contribution in [0.25, 0.3) is 0 Å². The second-order valence-corrected chi connectivity index (χ2v) is 3.17. The lowest BCUT2D eigenvalue weighted by Gasteiger charge is -2.12. The fourth-order valence-electron chi connectivity index (χ4n) is 1.08. The molecule has 0 saturated heterocycles. The third kappa shape index (κ3) is 4.33. The van der Waals surface area contributed by atoms with Crippen LogP contribution < -0.4 is 10.6 Å². The normalized spacial score (nSPS) is 11.5. The van der Waals surface area contributed by atoms with Crippen molar-refractivity contribution < 1.29 is 14.7 Å². The molecule has 92 valence electrons. The van der Waals surface area contributed by atoms with Gasteiger partial charge in [0.15, 0.2) is 0 Å². The number of carbonyl (C=O) groups excluding carboxylic acids is 1. The molecular formula is C9H13N5O3. The number of rotatable bonds is 6. The molecule has 0 bridgehead atoms. The van der Waals surface area contributed by atoms with Gasteiger partial charge in [-0.3, -0.25) is 5.10 Å². The van der Waals surface area contributed by atoms with Crippen molar-refractivity contribution in [3.63, 3.8) is 0 Å². The average Bonchev–Trinajstić information content (AvgIpc) is 2.78. The number of aromatic amines is 1. The standard InChI is InChI=1S/C9H13N5O3/c1-2-3-6(8(15)16)13-9(17)10-4-7-11-5-12-14-7/h2,5-6H,1,3-4H2,(H,15,16)(H2,10,13,17)(H,11,12,14). The fourth-order valence-corrected chi connectivity index (χ4v) is 1.08. The van der Waals surface area contributed by atoms with Crippen LogP contribution in [0.1, 0.15) is 12.2 Å². The molecule has 0 fully saturated rings. The maximum Gasteiger partial charge on any atom is 0.326 e. The number of aliphatic carboxylic acids is 1. The largest absolute Gasteiger partial charge is 0.480 e. The van der Waals surface area contributed by atoms with Gasteiger partial charge >= 0.3 is 12.0 Å². The Kier molecular flexibility index (Phi) is 4.67. The molecule has 1 unspecified atom stereocenters. The lowest BCUT2D eigenvalue weighted by Crippen LogP contribution is -2.45. The number of hydrogen-bond acceptors (Lipinski definition) is 4. The summed E-state index contributed by atoms with van der Waals surface area (Å²) >= 11 is 0. The predicted octanol–water partition coefficient (Wildman–Crippen LogP) is -0.367. The zero-order valence-electron chi connectivity index (χ0n) is 9.01. The summed E-state index contributed by atoms with van der Waals surface area (Å²) in [6.07, 6.45) is 2.90. The van der Waals surface area contributed by atoms with Gasteiger partial charge in [0.2, 0.25) is 0 Å². The van der Waals surface area contributed by atoms with E-state index in [1.165, 1.54) is 12.4 Å². The van der Waals surface area contributed by atoms with Crippen molar-refractivity contribution in [2.45, 2.75) is 19.0 Å². The van der Waals surface area contributed by atoms with E-state index >= 15 is 0 Å². The summed E-state index contributed by atoms with van der Waals surface area (Å²) in [5.41, 5.74) is 0. The number of carboxylic acids is 1. The lowest BCUT2D eigenvalue weighted by atomic mass is 10.2. The molecule has 0 aliphatic rings. The number of H-pyrrole nitrogens is 1. The molecule has 1 atom stereocenters. The highest BCUT2D eigenvalue weighted by Gasteiger charge is 2.17. The summed E-state index contributed by atoms with van der Waals surface area (Å²) in [7, 11) is 0. The van der Waals surface area contributed by atoms with Gasteiger partial charge in [-0.1, -0.05) is 6.08 Å². The highest BCUT2D eigenvalue weighted by molar-refractivity contribution is 5.82. The van der Waals surface area contributed by atoms with Gasteiger partial charge in [-0.2, -0.15) is 5.10 Å². The van der Waals surface area contributed by atoms with Crippen LogP contribution >= 0.6 is 0 Å². The molecule has 0 aliphatic heterocycles. The van der Waals surface area contributed by atoms with E-state index in [1.807, 2.05) is 0 Å². The van der Waals surface area contributed by atoms with Gasteiger partial charge < -0.3 is 15.7 Å². The van der Waals surface area contributed by atoms with E-state index in [2.05, 4.69) is 32.4 Å². The van der Waals surface area contributed by atoms with E-state index in [9.17, 15) is 9.59 Å². The van der Waals surface area contributed by atoms with Crippen molar-refractivity contribution in [1.29, 1.82) is 0 Å². The Morgan fingerprint density at radius 3 is 2.94 bits per heavy atom. The highest BCUT2D eigenvalue weighted by Crippen LogP contribution is 1.93. The summed E-state index contributed by atoms with van der Waals surface area (Å²) in [4.78, 5) is 25.9. The number of carbonyl (C=O) groups is 2. The van der Waals surface area contributed by atoms with Gasteiger partial charge in [0.05, 0.1) is 6.54 Å². The number of carboxylic acid groups (broad SMARTS) is 1. The lowest BCUT2D eigenvalue weighted by molar-refractivity contribution is -0.139. The Labute approximate surface area is 97.1 Å². The van der Waals surface area contributed by atoms with Crippen LogP contribution in [0.5, 0.6) is 0 Å². The third-order valence-corrected chi connectivity index (χ3v) is 1.89. The van der Waals surface area contributed by atoms with Gasteiger partial charge in [-0.15, -0.1) is 6.58 Å². The first-order chi connectivity index (χ1) is 8.13. The third-order valence-electron chi connectivity index (χ3n) is 1.89. The second-order valence-electron chi connectivity index (χ2n) is 3.17. The van der Waals surface area contributed by atoms with E-state index in [-0.39, 0.29) is 13.0 Å². The molecule has 4 N–H and O–H groups in total. The smallest absolute Gasteiger partial charge is 0.326 e. The van der Waals surface area contributed by atoms with Crippen LogP contribution in [-0.2, 0) is 11.3 Å². The molecule has 8 heteroatoms. The van der Waals surface area contributed by atoms with Crippen LogP contribution in [0.15, 0.2) is 19.0 Å². The molecule has 0 radical (unpaired) electrons. The topological polar surface area (TPSA) is 120 Å². The average molecular weight is 239 g/mol. The van der Waals surface area contributed by atoms with Gasteiger partial charge in [0.1, 0.15) is 18.2 Å². The maximum atomic E-state index is 11.3. The van der Waals surface area contributed by atoms with Crippen LogP contribution in [0.3, 0.4) is 0 Å². The van der Waals surface area contributed by atoms with E-state index in [4.69, 9.17) is 5.11 Å². The van der Waals surface area contributed by atoms with Crippen molar-refractivity contribution in [2.75, 3.05) is 0 Å². The van der Waals surface area contributed by atoms with Crippen LogP contribution in [0.4, 0.5) is 4.79 Å². The number of aromatic nitrogens is 3. The zero-order chi connectivity index (χ0) is 12.7. The summed E-state index contributed by atoms with van der Waals surface area (Å²) in [6.45, 7) is 3.56. The van der Waals surface area contributed by atoms with Crippen molar-refractivity contribution in [2.24, 2.45) is 0 Å². The Balaban J connectivity index is 2.37. The predicted molar refractivity (Wildman–Crippen MR) is 58.0 cm³/mol. The molecule has 1 aromatic rings. The quantitative estimate of drug-likeness (QED) is 0.505. The molecule has 0 spiro atoms. The number of amides is 2. The van der Waals surface area contributed by atoms with Gasteiger partial charge in [-0.25, -0.2) is 14.6 Å². The molecule has 17 heavy (non-hydrogen) atoms. The van der Waals surface area contributed by atoms with Crippen molar-refractivity contribution in [3.8, 4) is 0 Å². The van der Waals surface area contributed by atoms with Crippen LogP contribution in [0.2, 0.25) is 0 Å². The Hall–Kier alpha value is -2.38. The summed E-state index contributed by atoms with van der Waals surface area (Å²) in [5, 5.41) is 19.7. The summed E-state index contributed by atoms with van der Waals surface area (Å²) < 4.78 is 0. The minimum atomic E-state index is -1.11. The number of nitrogens with one attached hydrogen (secondary N) is 3. The zero-order valence-corrected chi connectivity index (χ0v) is 9.01. The van der Waals surface area contributed by atoms with Crippen LogP contribution in [0, 0.1) is 0 Å². The molecule has 0 saturated carbocycles. The molecule has 0 aromatic carbocycles. The molecular weight excluding hydrogens is 226 g/mol. The Morgan fingerprint density at radius 1 is 1.65 bits per heavy atom. The Morgan fingerprint density at radius 2 is 2.41 bits per heavy atom. The minimum Gasteiger partial charge on any atom is -0.480 e. The number of nitrogens with zero attached hydrogens (tertiary/aromatic N) is 2. The highest BCUT2D eigenvalue weighted by atomic mass is 16.4. The van der Waals surface area contributed by atoms with E-state index in [1.54, 1.807) is 0 Å².